The third kappa shape index (κ3) is 3.82. The zero-order valence-corrected chi connectivity index (χ0v) is 13.6. The molecule has 0 atom stereocenters. The smallest absolute Gasteiger partial charge is 0.275 e. The molecule has 4 nitrogen and oxygen atoms in total. The molecule has 1 aromatic carbocycles. The number of ether oxygens (including phenoxy) is 1. The molecular formula is C13H10BrClN2O2S. The fourth-order valence-electron chi connectivity index (χ4n) is 1.47. The molecule has 0 fully saturated rings. The standard InChI is InChI=1S/C13H10BrClN2O2S/c1-19-11-4-2-8(15)6-10(11)13(18)17-16-7-9-3-5-12(14)20-9/h2-7H,1H3,(H,17,18)/b16-7+. The average Bonchev–Trinajstić information content (AvgIpc) is 2.84. The van der Waals surface area contributed by atoms with Crippen LogP contribution in [0.25, 0.3) is 0 Å². The highest BCUT2D eigenvalue weighted by atomic mass is 79.9. The summed E-state index contributed by atoms with van der Waals surface area (Å²) in [6, 6.07) is 8.63. The van der Waals surface area contributed by atoms with Crippen molar-refractivity contribution in [3.63, 3.8) is 0 Å². The molecular weight excluding hydrogens is 364 g/mol. The average molecular weight is 374 g/mol. The highest BCUT2D eigenvalue weighted by Gasteiger charge is 2.12. The number of methoxy groups -OCH3 is 1. The first-order valence-electron chi connectivity index (χ1n) is 5.52. The number of carbonyl (C=O) groups excluding carboxylic acids is 1. The lowest BCUT2D eigenvalue weighted by atomic mass is 10.2. The number of benzene rings is 1. The quantitative estimate of drug-likeness (QED) is 0.652. The lowest BCUT2D eigenvalue weighted by molar-refractivity contribution is 0.0952. The monoisotopic (exact) mass is 372 g/mol. The van der Waals surface area contributed by atoms with Gasteiger partial charge >= 0.3 is 0 Å². The van der Waals surface area contributed by atoms with Gasteiger partial charge < -0.3 is 4.74 Å². The van der Waals surface area contributed by atoms with Crippen LogP contribution in [0.1, 0.15) is 15.2 Å². The third-order valence-corrected chi connectivity index (χ3v) is 4.15. The van der Waals surface area contributed by atoms with Gasteiger partial charge in [0, 0.05) is 9.90 Å². The number of hydrazone groups is 1. The second-order valence-corrected chi connectivity index (χ2v) is 6.62. The minimum atomic E-state index is -0.378. The van der Waals surface area contributed by atoms with Crippen molar-refractivity contribution in [3.8, 4) is 5.75 Å². The van der Waals surface area contributed by atoms with Gasteiger partial charge in [-0.25, -0.2) is 5.43 Å². The third-order valence-electron chi connectivity index (χ3n) is 2.36. The summed E-state index contributed by atoms with van der Waals surface area (Å²) in [6.07, 6.45) is 1.57. The SMILES string of the molecule is COc1ccc(Cl)cc1C(=O)N/N=C/c1ccc(Br)s1. The summed E-state index contributed by atoms with van der Waals surface area (Å²) >= 11 is 10.7. The van der Waals surface area contributed by atoms with Crippen molar-refractivity contribution in [1.82, 2.24) is 5.43 Å². The normalized spacial score (nSPS) is 10.8. The molecule has 104 valence electrons. The molecule has 0 spiro atoms. The van der Waals surface area contributed by atoms with Crippen molar-refractivity contribution >= 4 is 51.0 Å². The number of rotatable bonds is 4. The zero-order chi connectivity index (χ0) is 14.5. The Balaban J connectivity index is 2.08. The number of amides is 1. The van der Waals surface area contributed by atoms with Crippen LogP contribution in [0.2, 0.25) is 5.02 Å². The molecule has 2 rings (SSSR count). The molecule has 0 saturated carbocycles. The first-order valence-corrected chi connectivity index (χ1v) is 7.51. The van der Waals surface area contributed by atoms with Crippen LogP contribution in [0.15, 0.2) is 39.2 Å². The van der Waals surface area contributed by atoms with E-state index in [4.69, 9.17) is 16.3 Å². The van der Waals surface area contributed by atoms with Crippen LogP contribution < -0.4 is 10.2 Å². The molecule has 1 heterocycles. The van der Waals surface area contributed by atoms with Gasteiger partial charge in [0.25, 0.3) is 5.91 Å². The fourth-order valence-corrected chi connectivity index (χ4v) is 2.94. The van der Waals surface area contributed by atoms with Crippen LogP contribution in [0, 0.1) is 0 Å². The summed E-state index contributed by atoms with van der Waals surface area (Å²) in [5.74, 6) is 0.0668. The van der Waals surface area contributed by atoms with Gasteiger partial charge in [-0.15, -0.1) is 11.3 Å². The van der Waals surface area contributed by atoms with Crippen LogP contribution in [-0.4, -0.2) is 19.2 Å². The van der Waals surface area contributed by atoms with Gasteiger partial charge in [0.1, 0.15) is 5.75 Å². The topological polar surface area (TPSA) is 50.7 Å². The highest BCUT2D eigenvalue weighted by Crippen LogP contribution is 2.22. The summed E-state index contributed by atoms with van der Waals surface area (Å²) in [5, 5.41) is 4.36. The molecule has 0 unspecified atom stereocenters. The predicted octanol–water partition coefficient (Wildman–Crippen LogP) is 3.94. The number of halogens is 2. The molecule has 0 bridgehead atoms. The fraction of sp³-hybridized carbons (Fsp3) is 0.0769. The van der Waals surface area contributed by atoms with E-state index in [1.165, 1.54) is 24.5 Å². The van der Waals surface area contributed by atoms with Crippen LogP contribution in [-0.2, 0) is 0 Å². The van der Waals surface area contributed by atoms with E-state index in [1.54, 1.807) is 18.3 Å². The van der Waals surface area contributed by atoms with Crippen molar-refractivity contribution in [2.45, 2.75) is 0 Å². The Morgan fingerprint density at radius 3 is 2.90 bits per heavy atom. The Labute approximate surface area is 133 Å². The molecule has 0 aliphatic carbocycles. The zero-order valence-electron chi connectivity index (χ0n) is 10.4. The maximum atomic E-state index is 12.0. The molecule has 7 heteroatoms. The summed E-state index contributed by atoms with van der Waals surface area (Å²) < 4.78 is 6.12. The lowest BCUT2D eigenvalue weighted by Gasteiger charge is -2.06. The van der Waals surface area contributed by atoms with Crippen LogP contribution in [0.3, 0.4) is 0 Å². The molecule has 1 N–H and O–H groups in total. The Kier molecular flexibility index (Phi) is 5.17. The number of hydrogen-bond acceptors (Lipinski definition) is 4. The van der Waals surface area contributed by atoms with Gasteiger partial charge in [0.05, 0.1) is 22.7 Å². The maximum Gasteiger partial charge on any atom is 0.275 e. The minimum absolute atomic E-state index is 0.338. The minimum Gasteiger partial charge on any atom is -0.496 e. The van der Waals surface area contributed by atoms with E-state index in [9.17, 15) is 4.79 Å². The molecule has 0 aliphatic heterocycles. The number of carbonyl (C=O) groups is 1. The highest BCUT2D eigenvalue weighted by molar-refractivity contribution is 9.11. The van der Waals surface area contributed by atoms with E-state index in [2.05, 4.69) is 26.5 Å². The Morgan fingerprint density at radius 2 is 2.25 bits per heavy atom. The molecule has 20 heavy (non-hydrogen) atoms. The Morgan fingerprint density at radius 1 is 1.45 bits per heavy atom. The van der Waals surface area contributed by atoms with E-state index >= 15 is 0 Å². The number of thiophene rings is 1. The summed E-state index contributed by atoms with van der Waals surface area (Å²) in [7, 11) is 1.49. The van der Waals surface area contributed by atoms with Crippen molar-refractivity contribution in [1.29, 1.82) is 0 Å². The second kappa shape index (κ2) is 6.88. The van der Waals surface area contributed by atoms with E-state index < -0.39 is 0 Å². The van der Waals surface area contributed by atoms with Crippen molar-refractivity contribution in [3.05, 3.63) is 49.6 Å². The van der Waals surface area contributed by atoms with Crippen LogP contribution >= 0.6 is 38.9 Å². The van der Waals surface area contributed by atoms with Crippen molar-refractivity contribution in [2.24, 2.45) is 5.10 Å². The predicted molar refractivity (Wildman–Crippen MR) is 85.1 cm³/mol. The van der Waals surface area contributed by atoms with Crippen LogP contribution in [0.5, 0.6) is 5.75 Å². The van der Waals surface area contributed by atoms with E-state index in [1.807, 2.05) is 12.1 Å². The van der Waals surface area contributed by atoms with Gasteiger partial charge in [-0.3, -0.25) is 4.79 Å². The summed E-state index contributed by atoms with van der Waals surface area (Å²) in [6.45, 7) is 0. The molecule has 0 aliphatic rings. The molecule has 0 saturated heterocycles. The maximum absolute atomic E-state index is 12.0. The van der Waals surface area contributed by atoms with E-state index in [0.29, 0.717) is 16.3 Å². The first-order chi connectivity index (χ1) is 9.60. The van der Waals surface area contributed by atoms with Gasteiger partial charge in [-0.05, 0) is 46.3 Å². The van der Waals surface area contributed by atoms with Gasteiger partial charge in [-0.2, -0.15) is 5.10 Å². The lowest BCUT2D eigenvalue weighted by Crippen LogP contribution is -2.18. The van der Waals surface area contributed by atoms with E-state index in [-0.39, 0.29) is 5.91 Å². The van der Waals surface area contributed by atoms with Gasteiger partial charge in [0.2, 0.25) is 0 Å². The molecule has 1 aromatic heterocycles. The molecule has 2 aromatic rings. The molecule has 0 radical (unpaired) electrons. The number of nitrogens with zero attached hydrogens (tertiary/aromatic N) is 1. The number of hydrogen-bond donors (Lipinski definition) is 1. The van der Waals surface area contributed by atoms with Crippen molar-refractivity contribution < 1.29 is 9.53 Å². The van der Waals surface area contributed by atoms with Gasteiger partial charge in [0.15, 0.2) is 0 Å². The van der Waals surface area contributed by atoms with E-state index in [0.717, 1.165) is 8.66 Å². The molecule has 1 amide bonds. The summed E-state index contributed by atoms with van der Waals surface area (Å²) in [5.41, 5.74) is 2.78. The van der Waals surface area contributed by atoms with Crippen molar-refractivity contribution in [2.75, 3.05) is 7.11 Å². The number of nitrogens with one attached hydrogen (secondary N) is 1. The Bertz CT molecular complexity index is 658. The van der Waals surface area contributed by atoms with Gasteiger partial charge in [-0.1, -0.05) is 11.6 Å². The Hall–Kier alpha value is -1.37. The second-order valence-electron chi connectivity index (χ2n) is 3.69. The summed E-state index contributed by atoms with van der Waals surface area (Å²) in [4.78, 5) is 12.9. The largest absolute Gasteiger partial charge is 0.496 e. The van der Waals surface area contributed by atoms with Crippen LogP contribution in [0.4, 0.5) is 0 Å². The first kappa shape index (κ1) is 15.0.